The number of amides is 1. The second-order valence-electron chi connectivity index (χ2n) is 4.77. The fourth-order valence-corrected chi connectivity index (χ4v) is 2.87. The predicted octanol–water partition coefficient (Wildman–Crippen LogP) is 4.44. The predicted molar refractivity (Wildman–Crippen MR) is 83.5 cm³/mol. The molecule has 1 N–H and O–H groups in total. The Balaban J connectivity index is 2.84. The summed E-state index contributed by atoms with van der Waals surface area (Å²) in [6.45, 7) is 6.18. The van der Waals surface area contributed by atoms with Gasteiger partial charge in [0.05, 0.1) is 0 Å². The van der Waals surface area contributed by atoms with Crippen molar-refractivity contribution in [3.63, 3.8) is 0 Å². The maximum atomic E-state index is 12.2. The first-order valence-electron chi connectivity index (χ1n) is 6.06. The molecule has 1 aromatic rings. The van der Waals surface area contributed by atoms with Gasteiger partial charge in [-0.2, -0.15) is 0 Å². The molecular weight excluding hydrogens is 358 g/mol. The fourth-order valence-electron chi connectivity index (χ4n) is 1.62. The Kier molecular flexibility index (Phi) is 5.86. The summed E-state index contributed by atoms with van der Waals surface area (Å²) in [6.07, 6.45) is 1.83. The lowest BCUT2D eigenvalue weighted by Gasteiger charge is -2.29. The van der Waals surface area contributed by atoms with Gasteiger partial charge in [-0.1, -0.05) is 44.8 Å². The summed E-state index contributed by atoms with van der Waals surface area (Å²) in [6, 6.07) is 5.68. The number of carbonyl (C=O) groups excluding carboxylic acids is 1. The maximum Gasteiger partial charge on any atom is 0.251 e. The molecule has 0 aromatic heterocycles. The smallest absolute Gasteiger partial charge is 0.251 e. The Bertz CT molecular complexity index is 434. The SMILES string of the molecule is CCC(C)(CCBr)NC(=O)c1ccc(C)c(Br)c1. The monoisotopic (exact) mass is 375 g/mol. The van der Waals surface area contributed by atoms with Gasteiger partial charge in [-0.05, 0) is 44.4 Å². The lowest BCUT2D eigenvalue weighted by Crippen LogP contribution is -2.45. The lowest BCUT2D eigenvalue weighted by molar-refractivity contribution is 0.0902. The Morgan fingerprint density at radius 2 is 2.11 bits per heavy atom. The Labute approximate surface area is 126 Å². The summed E-state index contributed by atoms with van der Waals surface area (Å²) in [7, 11) is 0. The van der Waals surface area contributed by atoms with Crippen LogP contribution >= 0.6 is 31.9 Å². The number of hydrogen-bond donors (Lipinski definition) is 1. The van der Waals surface area contributed by atoms with Crippen LogP contribution in [-0.2, 0) is 0 Å². The molecule has 0 saturated carbocycles. The largest absolute Gasteiger partial charge is 0.347 e. The van der Waals surface area contributed by atoms with Gasteiger partial charge in [0.1, 0.15) is 0 Å². The highest BCUT2D eigenvalue weighted by molar-refractivity contribution is 9.10. The van der Waals surface area contributed by atoms with Crippen molar-refractivity contribution in [2.75, 3.05) is 5.33 Å². The molecule has 4 heteroatoms. The molecule has 0 bridgehead atoms. The van der Waals surface area contributed by atoms with E-state index in [0.717, 1.165) is 28.2 Å². The molecular formula is C14H19Br2NO. The van der Waals surface area contributed by atoms with Gasteiger partial charge in [0.15, 0.2) is 0 Å². The number of benzene rings is 1. The molecule has 0 aliphatic rings. The first-order chi connectivity index (χ1) is 8.41. The van der Waals surface area contributed by atoms with Crippen LogP contribution in [0.25, 0.3) is 0 Å². The number of halogens is 2. The molecule has 1 rings (SSSR count). The molecule has 2 nitrogen and oxygen atoms in total. The highest BCUT2D eigenvalue weighted by Gasteiger charge is 2.24. The van der Waals surface area contributed by atoms with E-state index in [1.165, 1.54) is 0 Å². The van der Waals surface area contributed by atoms with E-state index >= 15 is 0 Å². The molecule has 0 saturated heterocycles. The van der Waals surface area contributed by atoms with Gasteiger partial charge >= 0.3 is 0 Å². The zero-order valence-electron chi connectivity index (χ0n) is 11.0. The molecule has 0 heterocycles. The quantitative estimate of drug-likeness (QED) is 0.756. The molecule has 1 unspecified atom stereocenters. The molecule has 0 fully saturated rings. The van der Waals surface area contributed by atoms with Crippen molar-refractivity contribution in [2.24, 2.45) is 0 Å². The lowest BCUT2D eigenvalue weighted by atomic mass is 9.95. The van der Waals surface area contributed by atoms with Crippen molar-refractivity contribution in [2.45, 2.75) is 39.2 Å². The van der Waals surface area contributed by atoms with Crippen molar-refractivity contribution in [1.29, 1.82) is 0 Å². The van der Waals surface area contributed by atoms with Crippen LogP contribution in [0.2, 0.25) is 0 Å². The van der Waals surface area contributed by atoms with Crippen LogP contribution in [0.1, 0.15) is 42.6 Å². The summed E-state index contributed by atoms with van der Waals surface area (Å²) in [5, 5.41) is 4.00. The van der Waals surface area contributed by atoms with Crippen LogP contribution in [0.15, 0.2) is 22.7 Å². The van der Waals surface area contributed by atoms with Crippen molar-refractivity contribution in [3.8, 4) is 0 Å². The minimum atomic E-state index is -0.155. The summed E-state index contributed by atoms with van der Waals surface area (Å²) in [5.41, 5.74) is 1.67. The normalized spacial score (nSPS) is 14.1. The number of nitrogens with one attached hydrogen (secondary N) is 1. The average Bonchev–Trinajstić information content (AvgIpc) is 2.32. The van der Waals surface area contributed by atoms with Gasteiger partial charge in [0.2, 0.25) is 0 Å². The maximum absolute atomic E-state index is 12.2. The van der Waals surface area contributed by atoms with Crippen LogP contribution in [0.3, 0.4) is 0 Å². The molecule has 1 aromatic carbocycles. The molecule has 0 radical (unpaired) electrons. The zero-order valence-corrected chi connectivity index (χ0v) is 14.2. The first-order valence-corrected chi connectivity index (χ1v) is 7.98. The first kappa shape index (κ1) is 15.7. The number of aryl methyl sites for hydroxylation is 1. The number of hydrogen-bond acceptors (Lipinski definition) is 1. The van der Waals surface area contributed by atoms with Crippen LogP contribution < -0.4 is 5.32 Å². The third-order valence-corrected chi connectivity index (χ3v) is 4.53. The van der Waals surface area contributed by atoms with Gasteiger partial charge in [-0.3, -0.25) is 4.79 Å². The van der Waals surface area contributed by atoms with Gasteiger partial charge in [-0.25, -0.2) is 0 Å². The second kappa shape index (κ2) is 6.71. The third kappa shape index (κ3) is 4.09. The Morgan fingerprint density at radius 3 is 2.61 bits per heavy atom. The fraction of sp³-hybridized carbons (Fsp3) is 0.500. The van der Waals surface area contributed by atoms with Gasteiger partial charge in [-0.15, -0.1) is 0 Å². The van der Waals surface area contributed by atoms with Crippen LogP contribution in [0, 0.1) is 6.92 Å². The second-order valence-corrected chi connectivity index (χ2v) is 6.42. The van der Waals surface area contributed by atoms with Crippen LogP contribution in [-0.4, -0.2) is 16.8 Å². The van der Waals surface area contributed by atoms with Crippen LogP contribution in [0.4, 0.5) is 0 Å². The molecule has 1 atom stereocenters. The van der Waals surface area contributed by atoms with E-state index in [9.17, 15) is 4.79 Å². The van der Waals surface area contributed by atoms with Crippen molar-refractivity contribution < 1.29 is 4.79 Å². The van der Waals surface area contributed by atoms with Crippen molar-refractivity contribution >= 4 is 37.8 Å². The van der Waals surface area contributed by atoms with E-state index < -0.39 is 0 Å². The van der Waals surface area contributed by atoms with E-state index in [4.69, 9.17) is 0 Å². The van der Waals surface area contributed by atoms with E-state index in [1.807, 2.05) is 25.1 Å². The standard InChI is InChI=1S/C14H19Br2NO/c1-4-14(3,7-8-15)17-13(18)11-6-5-10(2)12(16)9-11/h5-6,9H,4,7-8H2,1-3H3,(H,17,18). The van der Waals surface area contributed by atoms with Crippen LogP contribution in [0.5, 0.6) is 0 Å². The van der Waals surface area contributed by atoms with Gasteiger partial charge in [0.25, 0.3) is 5.91 Å². The Hall–Kier alpha value is -0.350. The average molecular weight is 377 g/mol. The summed E-state index contributed by atoms with van der Waals surface area (Å²) in [5.74, 6) is -0.0130. The number of carbonyl (C=O) groups is 1. The summed E-state index contributed by atoms with van der Waals surface area (Å²) in [4.78, 5) is 12.2. The molecule has 1 amide bonds. The molecule has 0 aliphatic heterocycles. The Morgan fingerprint density at radius 1 is 1.44 bits per heavy atom. The minimum absolute atomic E-state index is 0.0130. The molecule has 100 valence electrons. The minimum Gasteiger partial charge on any atom is -0.347 e. The van der Waals surface area contributed by atoms with E-state index in [1.54, 1.807) is 0 Å². The van der Waals surface area contributed by atoms with Gasteiger partial charge < -0.3 is 5.32 Å². The summed E-state index contributed by atoms with van der Waals surface area (Å²) >= 11 is 6.89. The van der Waals surface area contributed by atoms with E-state index in [-0.39, 0.29) is 11.4 Å². The number of alkyl halides is 1. The number of rotatable bonds is 5. The third-order valence-electron chi connectivity index (χ3n) is 3.28. The topological polar surface area (TPSA) is 29.1 Å². The molecule has 0 aliphatic carbocycles. The van der Waals surface area contributed by atoms with Crippen molar-refractivity contribution in [1.82, 2.24) is 5.32 Å². The van der Waals surface area contributed by atoms with Gasteiger partial charge in [0, 0.05) is 20.9 Å². The highest BCUT2D eigenvalue weighted by atomic mass is 79.9. The molecule has 0 spiro atoms. The summed E-state index contributed by atoms with van der Waals surface area (Å²) < 4.78 is 0.967. The van der Waals surface area contributed by atoms with E-state index in [2.05, 4.69) is 51.0 Å². The highest BCUT2D eigenvalue weighted by Crippen LogP contribution is 2.20. The van der Waals surface area contributed by atoms with E-state index in [0.29, 0.717) is 5.56 Å². The van der Waals surface area contributed by atoms with Crippen molar-refractivity contribution in [3.05, 3.63) is 33.8 Å². The zero-order chi connectivity index (χ0) is 13.8. The molecule has 18 heavy (non-hydrogen) atoms.